The second-order valence-corrected chi connectivity index (χ2v) is 9.32. The zero-order valence-corrected chi connectivity index (χ0v) is 19.4. The van der Waals surface area contributed by atoms with Crippen LogP contribution in [-0.2, 0) is 9.59 Å². The third-order valence-corrected chi connectivity index (χ3v) is 6.77. The first-order valence-electron chi connectivity index (χ1n) is 10.6. The fourth-order valence-electron chi connectivity index (χ4n) is 4.52. The number of hydrogen-bond donors (Lipinski definition) is 0. The highest BCUT2D eigenvalue weighted by Crippen LogP contribution is 2.32. The molecule has 1 saturated carbocycles. The van der Waals surface area contributed by atoms with Gasteiger partial charge in [0.05, 0.1) is 17.0 Å². The summed E-state index contributed by atoms with van der Waals surface area (Å²) >= 11 is 2.15. The van der Waals surface area contributed by atoms with Gasteiger partial charge in [0, 0.05) is 27.3 Å². The van der Waals surface area contributed by atoms with Crippen LogP contribution in [0.4, 0.5) is 11.4 Å². The van der Waals surface area contributed by atoms with Gasteiger partial charge >= 0.3 is 0 Å². The van der Waals surface area contributed by atoms with Crippen molar-refractivity contribution in [1.82, 2.24) is 4.90 Å². The molecule has 2 aromatic carbocycles. The molecule has 3 amide bonds. The molecule has 2 aliphatic rings. The van der Waals surface area contributed by atoms with Gasteiger partial charge in [0.15, 0.2) is 0 Å². The van der Waals surface area contributed by atoms with E-state index in [2.05, 4.69) is 22.6 Å². The first-order chi connectivity index (χ1) is 15.4. The van der Waals surface area contributed by atoms with Crippen LogP contribution in [0.1, 0.15) is 48.9 Å². The standard InChI is InChI=1S/C23H22IN3O5/c24-16-9-11-18(12-10-16)26-21(28)14-20(23(26)30)25(17-6-2-1-3-7-17)22(29)15-5-4-8-19(13-15)27(31)32/h4-5,8-13,17,20H,1-3,6-7,14H2. The average molecular weight is 547 g/mol. The minimum atomic E-state index is -0.920. The highest BCUT2D eigenvalue weighted by atomic mass is 127. The second-order valence-electron chi connectivity index (χ2n) is 8.08. The van der Waals surface area contributed by atoms with Crippen LogP contribution in [0.25, 0.3) is 0 Å². The van der Waals surface area contributed by atoms with Crippen molar-refractivity contribution in [2.75, 3.05) is 4.90 Å². The maximum Gasteiger partial charge on any atom is 0.270 e. The largest absolute Gasteiger partial charge is 0.323 e. The lowest BCUT2D eigenvalue weighted by Crippen LogP contribution is -2.51. The van der Waals surface area contributed by atoms with Crippen molar-refractivity contribution in [3.63, 3.8) is 0 Å². The van der Waals surface area contributed by atoms with E-state index in [1.54, 1.807) is 12.1 Å². The monoisotopic (exact) mass is 547 g/mol. The lowest BCUT2D eigenvalue weighted by molar-refractivity contribution is -0.384. The van der Waals surface area contributed by atoms with Gasteiger partial charge in [0.25, 0.3) is 17.5 Å². The quantitative estimate of drug-likeness (QED) is 0.241. The van der Waals surface area contributed by atoms with Crippen LogP contribution in [-0.4, -0.2) is 39.6 Å². The van der Waals surface area contributed by atoms with Crippen LogP contribution in [0, 0.1) is 13.7 Å². The van der Waals surface area contributed by atoms with Gasteiger partial charge in [-0.1, -0.05) is 25.3 Å². The van der Waals surface area contributed by atoms with Crippen molar-refractivity contribution < 1.29 is 19.3 Å². The van der Waals surface area contributed by atoms with Crippen LogP contribution in [0.2, 0.25) is 0 Å². The van der Waals surface area contributed by atoms with Gasteiger partial charge in [-0.25, -0.2) is 4.90 Å². The Labute approximate surface area is 198 Å². The summed E-state index contributed by atoms with van der Waals surface area (Å²) in [6.07, 6.45) is 4.30. The Balaban J connectivity index is 1.69. The Morgan fingerprint density at radius 2 is 1.75 bits per heavy atom. The fourth-order valence-corrected chi connectivity index (χ4v) is 4.88. The number of hydrogen-bond acceptors (Lipinski definition) is 5. The summed E-state index contributed by atoms with van der Waals surface area (Å²) in [5.41, 5.74) is 0.445. The van der Waals surface area contributed by atoms with Crippen LogP contribution in [0.15, 0.2) is 48.5 Å². The summed E-state index contributed by atoms with van der Waals surface area (Å²) in [6, 6.07) is 11.5. The predicted octanol–water partition coefficient (Wildman–Crippen LogP) is 4.31. The Morgan fingerprint density at radius 3 is 2.41 bits per heavy atom. The topological polar surface area (TPSA) is 101 Å². The Bertz CT molecular complexity index is 1070. The van der Waals surface area contributed by atoms with E-state index in [0.29, 0.717) is 5.69 Å². The number of halogens is 1. The molecule has 2 aromatic rings. The lowest BCUT2D eigenvalue weighted by Gasteiger charge is -2.37. The highest BCUT2D eigenvalue weighted by molar-refractivity contribution is 14.1. The van der Waals surface area contributed by atoms with Gasteiger partial charge in [-0.3, -0.25) is 24.5 Å². The summed E-state index contributed by atoms with van der Waals surface area (Å²) in [4.78, 5) is 53.1. The number of benzene rings is 2. The highest BCUT2D eigenvalue weighted by Gasteiger charge is 2.46. The minimum Gasteiger partial charge on any atom is -0.323 e. The lowest BCUT2D eigenvalue weighted by atomic mass is 9.92. The number of nitro groups is 1. The number of anilines is 1. The van der Waals surface area contributed by atoms with E-state index in [9.17, 15) is 24.5 Å². The zero-order chi connectivity index (χ0) is 22.8. The first kappa shape index (κ1) is 22.4. The normalized spacial score (nSPS) is 19.3. The van der Waals surface area contributed by atoms with Crippen molar-refractivity contribution in [1.29, 1.82) is 0 Å². The molecule has 0 N–H and O–H groups in total. The van der Waals surface area contributed by atoms with E-state index in [1.165, 1.54) is 29.2 Å². The predicted molar refractivity (Wildman–Crippen MR) is 126 cm³/mol. The second kappa shape index (κ2) is 9.35. The van der Waals surface area contributed by atoms with Gasteiger partial charge in [0.2, 0.25) is 5.91 Å². The van der Waals surface area contributed by atoms with Crippen molar-refractivity contribution in [3.8, 4) is 0 Å². The Morgan fingerprint density at radius 1 is 1.06 bits per heavy atom. The number of nitro benzene ring substituents is 1. The maximum atomic E-state index is 13.6. The fraction of sp³-hybridized carbons (Fsp3) is 0.348. The van der Waals surface area contributed by atoms with Crippen LogP contribution in [0.5, 0.6) is 0 Å². The molecule has 0 spiro atoms. The van der Waals surface area contributed by atoms with Crippen molar-refractivity contribution >= 4 is 51.7 Å². The number of imide groups is 1. The molecule has 1 heterocycles. The molecule has 1 aliphatic carbocycles. The first-order valence-corrected chi connectivity index (χ1v) is 11.6. The number of non-ortho nitro benzene ring substituents is 1. The number of carbonyl (C=O) groups is 3. The van der Waals surface area contributed by atoms with Crippen molar-refractivity contribution in [2.45, 2.75) is 50.6 Å². The van der Waals surface area contributed by atoms with Crippen molar-refractivity contribution in [3.05, 3.63) is 67.8 Å². The van der Waals surface area contributed by atoms with Gasteiger partial charge in [-0.2, -0.15) is 0 Å². The summed E-state index contributed by atoms with van der Waals surface area (Å²) < 4.78 is 0.978. The molecule has 1 unspecified atom stereocenters. The Kier molecular flexibility index (Phi) is 6.54. The number of amides is 3. The van der Waals surface area contributed by atoms with Gasteiger partial charge in [0.1, 0.15) is 6.04 Å². The van der Waals surface area contributed by atoms with Crippen molar-refractivity contribution in [2.24, 2.45) is 0 Å². The molecular formula is C23H22IN3O5. The summed E-state index contributed by atoms with van der Waals surface area (Å²) in [7, 11) is 0. The molecule has 8 nitrogen and oxygen atoms in total. The summed E-state index contributed by atoms with van der Waals surface area (Å²) in [5.74, 6) is -1.23. The molecule has 0 radical (unpaired) electrons. The molecule has 9 heteroatoms. The van der Waals surface area contributed by atoms with E-state index in [0.717, 1.165) is 40.6 Å². The molecule has 0 aromatic heterocycles. The zero-order valence-electron chi connectivity index (χ0n) is 17.3. The average Bonchev–Trinajstić information content (AvgIpc) is 3.09. The maximum absolute atomic E-state index is 13.6. The van der Waals surface area contributed by atoms with Crippen LogP contribution >= 0.6 is 22.6 Å². The molecule has 4 rings (SSSR count). The molecule has 2 fully saturated rings. The third-order valence-electron chi connectivity index (χ3n) is 6.05. The minimum absolute atomic E-state index is 0.0953. The number of nitrogens with zero attached hydrogens (tertiary/aromatic N) is 3. The van der Waals surface area contributed by atoms with E-state index in [-0.39, 0.29) is 29.6 Å². The van der Waals surface area contributed by atoms with E-state index >= 15 is 0 Å². The molecule has 1 saturated heterocycles. The molecule has 32 heavy (non-hydrogen) atoms. The Hall–Kier alpha value is -2.82. The van der Waals surface area contributed by atoms with E-state index < -0.39 is 22.8 Å². The third kappa shape index (κ3) is 4.38. The number of carbonyl (C=O) groups excluding carboxylic acids is 3. The van der Waals surface area contributed by atoms with Crippen LogP contribution < -0.4 is 4.90 Å². The molecule has 0 bridgehead atoms. The van der Waals surface area contributed by atoms with Crippen LogP contribution in [0.3, 0.4) is 0 Å². The molecule has 1 aliphatic heterocycles. The van der Waals surface area contributed by atoms with E-state index in [4.69, 9.17) is 0 Å². The molecule has 1 atom stereocenters. The van der Waals surface area contributed by atoms with E-state index in [1.807, 2.05) is 12.1 Å². The smallest absolute Gasteiger partial charge is 0.270 e. The van der Waals surface area contributed by atoms with Gasteiger partial charge < -0.3 is 4.90 Å². The molecule has 166 valence electrons. The summed E-state index contributed by atoms with van der Waals surface area (Å²) in [5, 5.41) is 11.2. The SMILES string of the molecule is O=C1CC(N(C(=O)c2cccc([N+](=O)[O-])c2)C2CCCCC2)C(=O)N1c1ccc(I)cc1. The number of rotatable bonds is 5. The summed E-state index contributed by atoms with van der Waals surface area (Å²) in [6.45, 7) is 0. The van der Waals surface area contributed by atoms with Gasteiger partial charge in [-0.05, 0) is 65.8 Å². The van der Waals surface area contributed by atoms with Gasteiger partial charge in [-0.15, -0.1) is 0 Å². The molecular weight excluding hydrogens is 525 g/mol.